The van der Waals surface area contributed by atoms with E-state index in [1.54, 1.807) is 57.5 Å². The Morgan fingerprint density at radius 2 is 0.681 bits per heavy atom. The smallest absolute Gasteiger partial charge is 0.186 e. The minimum absolute atomic E-state index is 0.486. The lowest BCUT2D eigenvalue weighted by Crippen LogP contribution is -2.16. The maximum absolute atomic E-state index is 6.39. The topological polar surface area (TPSA) is 55.4 Å². The highest BCUT2D eigenvalue weighted by atomic mass is 32.2. The van der Waals surface area contributed by atoms with Gasteiger partial charge in [-0.1, -0.05) is 58.9 Å². The van der Waals surface area contributed by atoms with E-state index < -0.39 is 0 Å². The van der Waals surface area contributed by atoms with Gasteiger partial charge in [-0.2, -0.15) is 0 Å². The molecule has 8 rings (SSSR count). The van der Waals surface area contributed by atoms with Gasteiger partial charge in [0.1, 0.15) is 48.1 Å². The average Bonchev–Trinajstić information content (AvgIpc) is 3.72. The molecule has 0 atom stereocenters. The van der Waals surface area contributed by atoms with E-state index in [0.29, 0.717) is 39.6 Å². The largest absolute Gasteiger partial charge is 0.485 e. The molecule has 3 aliphatic heterocycles. The summed E-state index contributed by atoms with van der Waals surface area (Å²) in [5.74, 6) is 4.71. The molecule has 0 radical (unpaired) electrons. The van der Waals surface area contributed by atoms with Crippen LogP contribution in [0.3, 0.4) is 0 Å². The first-order chi connectivity index (χ1) is 22.8. The van der Waals surface area contributed by atoms with Crippen molar-refractivity contribution in [1.29, 1.82) is 0 Å². The van der Waals surface area contributed by atoms with Gasteiger partial charge in [0.05, 0.1) is 19.5 Å². The third-order valence-electron chi connectivity index (χ3n) is 8.15. The van der Waals surface area contributed by atoms with Crippen molar-refractivity contribution in [2.24, 2.45) is 0 Å². The van der Waals surface area contributed by atoms with Crippen LogP contribution in [0.5, 0.6) is 34.5 Å². The second kappa shape index (κ2) is 12.5. The number of fused-ring (bicyclic) bond motifs is 3. The zero-order valence-corrected chi connectivity index (χ0v) is 31.1. The molecule has 2 aromatic carbocycles. The van der Waals surface area contributed by atoms with Crippen LogP contribution in [0.15, 0.2) is 42.5 Å². The molecular formula is C36H34O6S5. The van der Waals surface area contributed by atoms with Crippen molar-refractivity contribution in [2.75, 3.05) is 39.6 Å². The first-order valence-electron chi connectivity index (χ1n) is 15.6. The fraction of sp³-hybridized carbons (Fsp3) is 0.333. The van der Waals surface area contributed by atoms with Crippen molar-refractivity contribution in [3.05, 3.63) is 57.6 Å². The van der Waals surface area contributed by atoms with E-state index in [1.807, 2.05) is 0 Å². The summed E-state index contributed by atoms with van der Waals surface area (Å²) in [6.45, 7) is 16.0. The molecule has 6 heterocycles. The first kappa shape index (κ1) is 31.3. The third-order valence-corrected chi connectivity index (χ3v) is 15.0. The van der Waals surface area contributed by atoms with Gasteiger partial charge in [-0.3, -0.25) is 0 Å². The van der Waals surface area contributed by atoms with Gasteiger partial charge in [-0.15, -0.1) is 34.0 Å². The predicted octanol–water partition coefficient (Wildman–Crippen LogP) is 10.7. The van der Waals surface area contributed by atoms with Crippen molar-refractivity contribution in [2.45, 2.75) is 59.8 Å². The normalized spacial score (nSPS) is 14.9. The summed E-state index contributed by atoms with van der Waals surface area (Å²) < 4.78 is 40.2. The quantitative estimate of drug-likeness (QED) is 0.172. The lowest BCUT2D eigenvalue weighted by Gasteiger charge is -2.19. The third kappa shape index (κ3) is 5.57. The van der Waals surface area contributed by atoms with Gasteiger partial charge in [0, 0.05) is 9.79 Å². The Morgan fingerprint density at radius 1 is 0.404 bits per heavy atom. The standard InChI is InChI=1S/C36H34O6S5/c1-17-13-19(3)29(20(4)14-17)44-35-27-25(39-9-11-41-27)33(46-35)31-23-24(38-8-7-37-23)32(43-31)34-26-28(42-12-10-40-26)36(47-34)45-30-21(5)15-18(2)16-22(30)6/h13-16H,7-12H2,1-6H3. The Labute approximate surface area is 295 Å². The minimum Gasteiger partial charge on any atom is -0.485 e. The van der Waals surface area contributed by atoms with Gasteiger partial charge in [0.2, 0.25) is 0 Å². The molecular weight excluding hydrogens is 689 g/mol. The maximum atomic E-state index is 6.39. The summed E-state index contributed by atoms with van der Waals surface area (Å²) >= 11 is 8.57. The Morgan fingerprint density at radius 3 is 1.02 bits per heavy atom. The number of thiophene rings is 3. The molecule has 0 fully saturated rings. The van der Waals surface area contributed by atoms with Crippen molar-refractivity contribution in [1.82, 2.24) is 0 Å². The molecule has 244 valence electrons. The summed E-state index contributed by atoms with van der Waals surface area (Å²) in [6, 6.07) is 8.95. The molecule has 0 aliphatic carbocycles. The molecule has 6 nitrogen and oxygen atoms in total. The second-order valence-electron chi connectivity index (χ2n) is 11.9. The SMILES string of the molecule is Cc1cc(C)c(Sc2sc(-c3sc(-c4sc(Sc5c(C)cc(C)cc5C)c5c4OCCO5)c4c3OCCO4)c3c2OCCO3)c(C)c1. The lowest BCUT2D eigenvalue weighted by atomic mass is 10.1. The Balaban J connectivity index is 1.25. The number of benzene rings is 2. The Hall–Kier alpha value is -2.96. The van der Waals surface area contributed by atoms with Crippen LogP contribution in [0, 0.1) is 41.5 Å². The zero-order chi connectivity index (χ0) is 32.4. The maximum Gasteiger partial charge on any atom is 0.186 e. The monoisotopic (exact) mass is 722 g/mol. The van der Waals surface area contributed by atoms with Crippen LogP contribution in [0.4, 0.5) is 0 Å². The van der Waals surface area contributed by atoms with E-state index in [2.05, 4.69) is 65.8 Å². The average molecular weight is 723 g/mol. The number of rotatable bonds is 6. The highest BCUT2D eigenvalue weighted by Crippen LogP contribution is 2.65. The van der Waals surface area contributed by atoms with Crippen molar-refractivity contribution < 1.29 is 28.4 Å². The van der Waals surface area contributed by atoms with E-state index in [9.17, 15) is 0 Å². The molecule has 11 heteroatoms. The van der Waals surface area contributed by atoms with Crippen molar-refractivity contribution >= 4 is 57.5 Å². The first-order valence-corrected chi connectivity index (χ1v) is 19.6. The molecule has 0 saturated heterocycles. The second-order valence-corrected chi connectivity index (χ2v) is 17.5. The molecule has 0 unspecified atom stereocenters. The van der Waals surface area contributed by atoms with Crippen LogP contribution < -0.4 is 28.4 Å². The lowest BCUT2D eigenvalue weighted by molar-refractivity contribution is 0.169. The molecule has 0 amide bonds. The van der Waals surface area contributed by atoms with E-state index >= 15 is 0 Å². The molecule has 0 saturated carbocycles. The summed E-state index contributed by atoms with van der Waals surface area (Å²) in [5, 5.41) is 0. The van der Waals surface area contributed by atoms with Gasteiger partial charge in [0.25, 0.3) is 0 Å². The van der Waals surface area contributed by atoms with Gasteiger partial charge in [0.15, 0.2) is 34.5 Å². The van der Waals surface area contributed by atoms with E-state index in [0.717, 1.165) is 62.4 Å². The van der Waals surface area contributed by atoms with Crippen LogP contribution in [0.25, 0.3) is 19.5 Å². The Bertz CT molecular complexity index is 1850. The fourth-order valence-electron chi connectivity index (χ4n) is 6.37. The molecule has 0 spiro atoms. The molecule has 0 bridgehead atoms. The van der Waals surface area contributed by atoms with Crippen LogP contribution in [-0.4, -0.2) is 39.6 Å². The van der Waals surface area contributed by atoms with Gasteiger partial charge < -0.3 is 28.4 Å². The highest BCUT2D eigenvalue weighted by molar-refractivity contribution is 8.01. The van der Waals surface area contributed by atoms with E-state index in [4.69, 9.17) is 28.4 Å². The molecule has 0 N–H and O–H groups in total. The zero-order valence-electron chi connectivity index (χ0n) is 27.0. The summed E-state index contributed by atoms with van der Waals surface area (Å²) in [4.78, 5) is 6.49. The number of hydrogen-bond donors (Lipinski definition) is 0. The molecule has 47 heavy (non-hydrogen) atoms. The van der Waals surface area contributed by atoms with Crippen LogP contribution >= 0.6 is 57.5 Å². The molecule has 3 aliphatic rings. The number of aryl methyl sites for hydroxylation is 6. The predicted molar refractivity (Wildman–Crippen MR) is 193 cm³/mol. The van der Waals surface area contributed by atoms with Crippen LogP contribution in [0.1, 0.15) is 33.4 Å². The van der Waals surface area contributed by atoms with Crippen LogP contribution in [-0.2, 0) is 0 Å². The summed E-state index contributed by atoms with van der Waals surface area (Å²) in [6.07, 6.45) is 0. The minimum atomic E-state index is 0.486. The van der Waals surface area contributed by atoms with Gasteiger partial charge >= 0.3 is 0 Å². The Kier molecular flexibility index (Phi) is 8.32. The van der Waals surface area contributed by atoms with Crippen molar-refractivity contribution in [3.63, 3.8) is 0 Å². The van der Waals surface area contributed by atoms with Crippen molar-refractivity contribution in [3.8, 4) is 54.0 Å². The summed E-state index contributed by atoms with van der Waals surface area (Å²) in [7, 11) is 0. The van der Waals surface area contributed by atoms with E-state index in [-0.39, 0.29) is 0 Å². The number of hydrogen-bond acceptors (Lipinski definition) is 11. The van der Waals surface area contributed by atoms with E-state index in [1.165, 1.54) is 43.2 Å². The van der Waals surface area contributed by atoms with Crippen LogP contribution in [0.2, 0.25) is 0 Å². The number of ether oxygens (including phenoxy) is 6. The summed E-state index contributed by atoms with van der Waals surface area (Å²) in [5.41, 5.74) is 7.57. The molecule has 3 aromatic heterocycles. The van der Waals surface area contributed by atoms with Gasteiger partial charge in [-0.05, 0) is 63.8 Å². The van der Waals surface area contributed by atoms with Gasteiger partial charge in [-0.25, -0.2) is 0 Å². The fourth-order valence-corrected chi connectivity index (χ4v) is 12.7. The highest BCUT2D eigenvalue weighted by Gasteiger charge is 2.36. The molecule has 5 aromatic rings.